The van der Waals surface area contributed by atoms with Crippen molar-refractivity contribution in [2.45, 2.75) is 0 Å². The van der Waals surface area contributed by atoms with Crippen LogP contribution in [0.3, 0.4) is 0 Å². The van der Waals surface area contributed by atoms with Crippen LogP contribution in [0.5, 0.6) is 0 Å². The molecule has 6 heteroatoms. The fraction of sp³-hybridized carbons (Fsp3) is 0.500. The van der Waals surface area contributed by atoms with E-state index in [-0.39, 0.29) is 0 Å². The van der Waals surface area contributed by atoms with Gasteiger partial charge in [-0.2, -0.15) is 0 Å². The minimum absolute atomic E-state index is 0.522. The Morgan fingerprint density at radius 2 is 1.83 bits per heavy atom. The maximum atomic E-state index is 6.04. The van der Waals surface area contributed by atoms with Crippen molar-refractivity contribution in [3.8, 4) is 0 Å². The summed E-state index contributed by atoms with van der Waals surface area (Å²) in [6.07, 6.45) is 0. The molecule has 0 atom stereocenters. The van der Waals surface area contributed by atoms with Crippen molar-refractivity contribution in [1.82, 2.24) is 4.90 Å². The van der Waals surface area contributed by atoms with Crippen molar-refractivity contribution in [2.75, 3.05) is 51.4 Å². The quantitative estimate of drug-likeness (QED) is 0.599. The van der Waals surface area contributed by atoms with E-state index in [1.165, 1.54) is 0 Å². The first-order valence-electron chi connectivity index (χ1n) is 5.71. The number of hydrogen-bond acceptors (Lipinski definition) is 4. The third-order valence-electron chi connectivity index (χ3n) is 2.30. The van der Waals surface area contributed by atoms with E-state index in [0.29, 0.717) is 41.2 Å². The largest absolute Gasteiger partial charge is 0.399 e. The Morgan fingerprint density at radius 3 is 2.39 bits per heavy atom. The summed E-state index contributed by atoms with van der Waals surface area (Å²) in [5.74, 6) is 0. The Morgan fingerprint density at radius 1 is 1.22 bits per heavy atom. The minimum atomic E-state index is 0.522. The van der Waals surface area contributed by atoms with Crippen LogP contribution in [0.15, 0.2) is 12.1 Å². The number of halogens is 2. The Balaban J connectivity index is 2.31. The van der Waals surface area contributed by atoms with Gasteiger partial charge in [-0.05, 0) is 26.2 Å². The first-order valence-corrected chi connectivity index (χ1v) is 6.47. The molecule has 1 rings (SSSR count). The van der Waals surface area contributed by atoms with Gasteiger partial charge in [0.05, 0.1) is 28.9 Å². The molecular weight excluding hydrogens is 273 g/mol. The van der Waals surface area contributed by atoms with Crippen LogP contribution in [0.2, 0.25) is 10.0 Å². The van der Waals surface area contributed by atoms with E-state index in [4.69, 9.17) is 33.7 Å². The Hall–Kier alpha value is -0.680. The molecule has 0 bridgehead atoms. The highest BCUT2D eigenvalue weighted by Gasteiger charge is 2.06. The summed E-state index contributed by atoms with van der Waals surface area (Å²) in [5.41, 5.74) is 6.88. The van der Waals surface area contributed by atoms with E-state index >= 15 is 0 Å². The molecule has 0 saturated carbocycles. The average Bonchev–Trinajstić information content (AvgIpc) is 2.25. The van der Waals surface area contributed by atoms with E-state index in [1.54, 1.807) is 12.1 Å². The standard InChI is InChI=1S/C12H19Cl2N3O/c1-17(2)4-6-18-5-3-16-12-10(13)7-9(15)8-11(12)14/h7-8,16H,3-6,15H2,1-2H3. The van der Waals surface area contributed by atoms with Gasteiger partial charge in [-0.15, -0.1) is 0 Å². The van der Waals surface area contributed by atoms with Crippen LogP contribution in [0, 0.1) is 0 Å². The second-order valence-corrected chi connectivity index (χ2v) is 5.02. The monoisotopic (exact) mass is 291 g/mol. The van der Waals surface area contributed by atoms with Gasteiger partial charge >= 0.3 is 0 Å². The van der Waals surface area contributed by atoms with Gasteiger partial charge in [0.15, 0.2) is 0 Å². The number of nitrogens with two attached hydrogens (primary N) is 1. The molecule has 0 unspecified atom stereocenters. The zero-order valence-electron chi connectivity index (χ0n) is 10.7. The van der Waals surface area contributed by atoms with Gasteiger partial charge in [-0.1, -0.05) is 23.2 Å². The number of anilines is 2. The molecule has 102 valence electrons. The minimum Gasteiger partial charge on any atom is -0.399 e. The predicted octanol–water partition coefficient (Wildman–Crippen LogP) is 2.57. The summed E-state index contributed by atoms with van der Waals surface area (Å²) in [7, 11) is 4.02. The molecule has 4 nitrogen and oxygen atoms in total. The fourth-order valence-corrected chi connectivity index (χ4v) is 2.00. The van der Waals surface area contributed by atoms with Crippen LogP contribution >= 0.6 is 23.2 Å². The maximum absolute atomic E-state index is 6.04. The average molecular weight is 292 g/mol. The molecule has 18 heavy (non-hydrogen) atoms. The molecular formula is C12H19Cl2N3O. The molecule has 0 spiro atoms. The van der Waals surface area contributed by atoms with E-state index in [0.717, 1.165) is 6.54 Å². The van der Waals surface area contributed by atoms with E-state index in [9.17, 15) is 0 Å². The first kappa shape index (κ1) is 15.4. The van der Waals surface area contributed by atoms with Crippen LogP contribution in [0.25, 0.3) is 0 Å². The first-order chi connectivity index (χ1) is 8.50. The summed E-state index contributed by atoms with van der Waals surface area (Å²) < 4.78 is 5.45. The number of nitrogens with one attached hydrogen (secondary N) is 1. The van der Waals surface area contributed by atoms with Gasteiger partial charge in [-0.25, -0.2) is 0 Å². The zero-order valence-corrected chi connectivity index (χ0v) is 12.2. The predicted molar refractivity (Wildman–Crippen MR) is 78.7 cm³/mol. The Bertz CT molecular complexity index is 363. The second-order valence-electron chi connectivity index (χ2n) is 4.20. The highest BCUT2D eigenvalue weighted by Crippen LogP contribution is 2.32. The van der Waals surface area contributed by atoms with Gasteiger partial charge < -0.3 is 20.7 Å². The van der Waals surface area contributed by atoms with E-state index in [1.807, 2.05) is 14.1 Å². The van der Waals surface area contributed by atoms with Crippen molar-refractivity contribution >= 4 is 34.6 Å². The molecule has 0 heterocycles. The lowest BCUT2D eigenvalue weighted by Crippen LogP contribution is -2.20. The number of hydrogen-bond donors (Lipinski definition) is 2. The van der Waals surface area contributed by atoms with Crippen molar-refractivity contribution in [1.29, 1.82) is 0 Å². The van der Waals surface area contributed by atoms with Crippen LogP contribution < -0.4 is 11.1 Å². The lowest BCUT2D eigenvalue weighted by molar-refractivity contribution is 0.126. The summed E-state index contributed by atoms with van der Waals surface area (Å²) in [5, 5.41) is 4.18. The Kier molecular flexibility index (Phi) is 6.57. The number of nitrogen functional groups attached to an aromatic ring is 1. The summed E-state index contributed by atoms with van der Waals surface area (Å²) in [6.45, 7) is 2.86. The van der Waals surface area contributed by atoms with Gasteiger partial charge in [0.2, 0.25) is 0 Å². The molecule has 0 radical (unpaired) electrons. The molecule has 0 fully saturated rings. The topological polar surface area (TPSA) is 50.5 Å². The molecule has 0 saturated heterocycles. The molecule has 0 aliphatic carbocycles. The van der Waals surface area contributed by atoms with Gasteiger partial charge in [0.25, 0.3) is 0 Å². The third kappa shape index (κ3) is 5.31. The fourth-order valence-electron chi connectivity index (χ4n) is 1.36. The number of nitrogens with zero attached hydrogens (tertiary/aromatic N) is 1. The van der Waals surface area contributed by atoms with Crippen molar-refractivity contribution in [3.05, 3.63) is 22.2 Å². The number of rotatable bonds is 7. The highest BCUT2D eigenvalue weighted by atomic mass is 35.5. The maximum Gasteiger partial charge on any atom is 0.0721 e. The summed E-state index contributed by atoms with van der Waals surface area (Å²) in [4.78, 5) is 2.07. The van der Waals surface area contributed by atoms with Gasteiger partial charge in [0.1, 0.15) is 0 Å². The second kappa shape index (κ2) is 7.69. The lowest BCUT2D eigenvalue weighted by atomic mass is 10.3. The highest BCUT2D eigenvalue weighted by molar-refractivity contribution is 6.39. The normalized spacial score (nSPS) is 10.9. The van der Waals surface area contributed by atoms with Crippen LogP contribution in [-0.2, 0) is 4.74 Å². The van der Waals surface area contributed by atoms with E-state index in [2.05, 4.69) is 10.2 Å². The smallest absolute Gasteiger partial charge is 0.0721 e. The van der Waals surface area contributed by atoms with Gasteiger partial charge in [0, 0.05) is 18.8 Å². The summed E-state index contributed by atoms with van der Waals surface area (Å²) >= 11 is 12.1. The van der Waals surface area contributed by atoms with Gasteiger partial charge in [-0.3, -0.25) is 0 Å². The van der Waals surface area contributed by atoms with Crippen molar-refractivity contribution in [3.63, 3.8) is 0 Å². The Labute approximate surface area is 118 Å². The number of benzene rings is 1. The molecule has 1 aromatic rings. The molecule has 3 N–H and O–H groups in total. The molecule has 0 amide bonds. The zero-order chi connectivity index (χ0) is 13.5. The number of ether oxygens (including phenoxy) is 1. The SMILES string of the molecule is CN(C)CCOCCNc1c(Cl)cc(N)cc1Cl. The molecule has 0 aliphatic rings. The van der Waals surface area contributed by atoms with Crippen LogP contribution in [-0.4, -0.2) is 45.3 Å². The van der Waals surface area contributed by atoms with E-state index < -0.39 is 0 Å². The van der Waals surface area contributed by atoms with Crippen molar-refractivity contribution in [2.24, 2.45) is 0 Å². The molecule has 0 aromatic heterocycles. The van der Waals surface area contributed by atoms with Crippen molar-refractivity contribution < 1.29 is 4.74 Å². The van der Waals surface area contributed by atoms with Crippen LogP contribution in [0.4, 0.5) is 11.4 Å². The molecule has 1 aromatic carbocycles. The molecule has 0 aliphatic heterocycles. The lowest BCUT2D eigenvalue weighted by Gasteiger charge is -2.12. The summed E-state index contributed by atoms with van der Waals surface area (Å²) in [6, 6.07) is 3.34. The third-order valence-corrected chi connectivity index (χ3v) is 2.89. The van der Waals surface area contributed by atoms with Crippen LogP contribution in [0.1, 0.15) is 0 Å². The number of likely N-dealkylation sites (N-methyl/N-ethyl adjacent to an activating group) is 1.